The lowest BCUT2D eigenvalue weighted by atomic mass is 10.0. The molecule has 2 N–H and O–H groups in total. The summed E-state index contributed by atoms with van der Waals surface area (Å²) in [7, 11) is 0. The Balaban J connectivity index is 2.63. The van der Waals surface area contributed by atoms with Gasteiger partial charge in [0.15, 0.2) is 0 Å². The van der Waals surface area contributed by atoms with Gasteiger partial charge in [-0.05, 0) is 30.0 Å². The van der Waals surface area contributed by atoms with Gasteiger partial charge in [0.05, 0.1) is 6.42 Å². The molecule has 0 radical (unpaired) electrons. The van der Waals surface area contributed by atoms with Gasteiger partial charge in [-0.15, -0.1) is 0 Å². The summed E-state index contributed by atoms with van der Waals surface area (Å²) < 4.78 is 0. The van der Waals surface area contributed by atoms with Gasteiger partial charge in [-0.2, -0.15) is 0 Å². The van der Waals surface area contributed by atoms with Crippen molar-refractivity contribution in [2.75, 3.05) is 0 Å². The third-order valence-electron chi connectivity index (χ3n) is 2.09. The molecule has 0 unspecified atom stereocenters. The Morgan fingerprint density at radius 1 is 1.31 bits per heavy atom. The van der Waals surface area contributed by atoms with Crippen molar-refractivity contribution in [1.29, 1.82) is 0 Å². The fourth-order valence-corrected chi connectivity index (χ4v) is 1.43. The van der Waals surface area contributed by atoms with E-state index in [4.69, 9.17) is 5.73 Å². The van der Waals surface area contributed by atoms with Gasteiger partial charge in [0.2, 0.25) is 5.91 Å². The predicted molar refractivity (Wildman–Crippen MR) is 65.7 cm³/mol. The molecule has 0 fully saturated rings. The number of hydrogen-bond acceptors (Lipinski definition) is 1. The minimum absolute atomic E-state index is 0.119. The van der Waals surface area contributed by atoms with Gasteiger partial charge in [-0.25, -0.2) is 0 Å². The molecular weight excluding hydrogens is 198 g/mol. The Kier molecular flexibility index (Phi) is 4.60. The maximum atomic E-state index is 10.5. The van der Waals surface area contributed by atoms with Gasteiger partial charge in [0.25, 0.3) is 0 Å². The monoisotopic (exact) mass is 215 g/mol. The van der Waals surface area contributed by atoms with Gasteiger partial charge in [-0.3, -0.25) is 4.79 Å². The van der Waals surface area contributed by atoms with E-state index in [1.165, 1.54) is 5.56 Å². The maximum Gasteiger partial charge on any atom is 0.229 e. The van der Waals surface area contributed by atoms with E-state index in [-0.39, 0.29) is 12.3 Å². The van der Waals surface area contributed by atoms with Crippen LogP contribution in [0.25, 0.3) is 0 Å². The van der Waals surface area contributed by atoms with Crippen LogP contribution >= 0.6 is 0 Å². The average molecular weight is 215 g/mol. The van der Waals surface area contributed by atoms with Crippen molar-refractivity contribution in [1.82, 2.24) is 0 Å². The van der Waals surface area contributed by atoms with Gasteiger partial charge < -0.3 is 5.73 Å². The normalized spacial score (nSPS) is 9.69. The van der Waals surface area contributed by atoms with Crippen LogP contribution in [0.1, 0.15) is 31.4 Å². The third kappa shape index (κ3) is 4.65. The molecule has 0 spiro atoms. The topological polar surface area (TPSA) is 43.1 Å². The second-order valence-corrected chi connectivity index (χ2v) is 4.24. The number of hydrogen-bond donors (Lipinski definition) is 1. The first kappa shape index (κ1) is 12.3. The summed E-state index contributed by atoms with van der Waals surface area (Å²) in [5.74, 6) is 5.92. The second kappa shape index (κ2) is 5.97. The lowest BCUT2D eigenvalue weighted by Crippen LogP contribution is -2.08. The Bertz CT molecular complexity index is 407. The molecule has 0 aliphatic carbocycles. The summed E-state index contributed by atoms with van der Waals surface area (Å²) in [6.45, 7) is 4.39. The van der Waals surface area contributed by atoms with Crippen LogP contribution in [0, 0.1) is 17.8 Å². The maximum absolute atomic E-state index is 10.5. The highest BCUT2D eigenvalue weighted by Gasteiger charge is 1.96. The van der Waals surface area contributed by atoms with E-state index >= 15 is 0 Å². The number of carbonyl (C=O) groups is 1. The van der Waals surface area contributed by atoms with E-state index in [0.717, 1.165) is 12.0 Å². The van der Waals surface area contributed by atoms with E-state index in [9.17, 15) is 4.79 Å². The van der Waals surface area contributed by atoms with Crippen LogP contribution in [0.5, 0.6) is 0 Å². The van der Waals surface area contributed by atoms with Crippen LogP contribution < -0.4 is 5.73 Å². The molecule has 1 aromatic rings. The highest BCUT2D eigenvalue weighted by molar-refractivity contribution is 5.76. The summed E-state index contributed by atoms with van der Waals surface area (Å²) in [6, 6.07) is 8.11. The fourth-order valence-electron chi connectivity index (χ4n) is 1.43. The largest absolute Gasteiger partial charge is 0.369 e. The molecule has 0 bridgehead atoms. The van der Waals surface area contributed by atoms with E-state index < -0.39 is 0 Å². The molecule has 0 aliphatic heterocycles. The summed E-state index contributed by atoms with van der Waals surface area (Å²) in [6.07, 6.45) is 1.20. The van der Waals surface area contributed by atoms with E-state index in [1.807, 2.05) is 12.1 Å². The van der Waals surface area contributed by atoms with Crippen LogP contribution in [0.15, 0.2) is 24.3 Å². The quantitative estimate of drug-likeness (QED) is 0.771. The molecule has 0 atom stereocenters. The van der Waals surface area contributed by atoms with Crippen molar-refractivity contribution in [2.24, 2.45) is 11.7 Å². The minimum atomic E-state index is -0.385. The van der Waals surface area contributed by atoms with Crippen LogP contribution in [-0.2, 0) is 11.2 Å². The van der Waals surface area contributed by atoms with Gasteiger partial charge in [-0.1, -0.05) is 37.8 Å². The molecule has 2 heteroatoms. The van der Waals surface area contributed by atoms with E-state index in [0.29, 0.717) is 5.92 Å². The molecular formula is C14H17NO. The number of rotatable bonds is 3. The molecule has 0 aromatic heterocycles. The smallest absolute Gasteiger partial charge is 0.229 e. The van der Waals surface area contributed by atoms with Crippen LogP contribution in [0.4, 0.5) is 0 Å². The first-order chi connectivity index (χ1) is 7.58. The molecule has 1 rings (SSSR count). The van der Waals surface area contributed by atoms with E-state index in [1.54, 1.807) is 0 Å². The number of primary amides is 1. The summed E-state index contributed by atoms with van der Waals surface area (Å²) in [5.41, 5.74) is 7.23. The highest BCUT2D eigenvalue weighted by atomic mass is 16.1. The Morgan fingerprint density at radius 2 is 1.94 bits per heavy atom. The van der Waals surface area contributed by atoms with Gasteiger partial charge in [0, 0.05) is 5.56 Å². The molecule has 1 amide bonds. The van der Waals surface area contributed by atoms with Crippen molar-refractivity contribution in [3.63, 3.8) is 0 Å². The van der Waals surface area contributed by atoms with Crippen molar-refractivity contribution in [2.45, 2.75) is 26.7 Å². The predicted octanol–water partition coefficient (Wildman–Crippen LogP) is 2.11. The zero-order valence-corrected chi connectivity index (χ0v) is 9.79. The zero-order valence-electron chi connectivity index (χ0n) is 9.79. The standard InChI is InChI=1S/C14H17NO/c1-11(2)10-13-8-6-12(7-9-13)4-3-5-14(15)16/h6-9,11H,5,10H2,1-2H3,(H2,15,16). The lowest BCUT2D eigenvalue weighted by Gasteiger charge is -2.03. The number of nitrogens with two attached hydrogens (primary N) is 1. The number of benzene rings is 1. The molecule has 0 saturated heterocycles. The van der Waals surface area contributed by atoms with Gasteiger partial charge in [0.1, 0.15) is 0 Å². The molecule has 1 aromatic carbocycles. The summed E-state index contributed by atoms with van der Waals surface area (Å²) in [4.78, 5) is 10.5. The Labute approximate surface area is 96.9 Å². The molecule has 2 nitrogen and oxygen atoms in total. The molecule has 16 heavy (non-hydrogen) atoms. The lowest BCUT2D eigenvalue weighted by molar-refractivity contribution is -0.117. The summed E-state index contributed by atoms with van der Waals surface area (Å²) in [5, 5.41) is 0. The van der Waals surface area contributed by atoms with Gasteiger partial charge >= 0.3 is 0 Å². The fraction of sp³-hybridized carbons (Fsp3) is 0.357. The highest BCUT2D eigenvalue weighted by Crippen LogP contribution is 2.09. The third-order valence-corrected chi connectivity index (χ3v) is 2.09. The number of carbonyl (C=O) groups excluding carboxylic acids is 1. The molecule has 84 valence electrons. The Hall–Kier alpha value is -1.75. The molecule has 0 saturated carbocycles. The Morgan fingerprint density at radius 3 is 2.44 bits per heavy atom. The van der Waals surface area contributed by atoms with Crippen molar-refractivity contribution >= 4 is 5.91 Å². The van der Waals surface area contributed by atoms with E-state index in [2.05, 4.69) is 37.8 Å². The molecule has 0 heterocycles. The van der Waals surface area contributed by atoms with Crippen LogP contribution in [0.3, 0.4) is 0 Å². The van der Waals surface area contributed by atoms with Crippen molar-refractivity contribution in [3.05, 3.63) is 35.4 Å². The van der Waals surface area contributed by atoms with Crippen LogP contribution in [0.2, 0.25) is 0 Å². The SMILES string of the molecule is CC(C)Cc1ccc(C#CCC(N)=O)cc1. The van der Waals surface area contributed by atoms with Crippen molar-refractivity contribution in [3.8, 4) is 11.8 Å². The minimum Gasteiger partial charge on any atom is -0.369 e. The first-order valence-corrected chi connectivity index (χ1v) is 5.44. The second-order valence-electron chi connectivity index (χ2n) is 4.24. The first-order valence-electron chi connectivity index (χ1n) is 5.44. The average Bonchev–Trinajstić information content (AvgIpc) is 2.19. The van der Waals surface area contributed by atoms with Crippen molar-refractivity contribution < 1.29 is 4.79 Å². The van der Waals surface area contributed by atoms with Crippen LogP contribution in [-0.4, -0.2) is 5.91 Å². The summed E-state index contributed by atoms with van der Waals surface area (Å²) >= 11 is 0. The number of amides is 1. The molecule has 0 aliphatic rings. The zero-order chi connectivity index (χ0) is 12.0.